The van der Waals surface area contributed by atoms with Crippen LogP contribution >= 0.6 is 0 Å². The van der Waals surface area contributed by atoms with E-state index in [0.29, 0.717) is 5.92 Å². The Labute approximate surface area is 89.7 Å². The lowest BCUT2D eigenvalue weighted by molar-refractivity contribution is -0.176. The molecule has 0 unspecified atom stereocenters. The summed E-state index contributed by atoms with van der Waals surface area (Å²) in [5.41, 5.74) is 1.41. The molecule has 4 nitrogen and oxygen atoms in total. The van der Waals surface area contributed by atoms with Crippen LogP contribution in [0.5, 0.6) is 0 Å². The van der Waals surface area contributed by atoms with Gasteiger partial charge in [0.1, 0.15) is 0 Å². The van der Waals surface area contributed by atoms with Gasteiger partial charge in [-0.3, -0.25) is 15.3 Å². The van der Waals surface area contributed by atoms with Gasteiger partial charge in [0.25, 0.3) is 5.97 Å². The number of aliphatic carboxylic acids is 1. The minimum Gasteiger partial charge on any atom is -0.481 e. The highest BCUT2D eigenvalue weighted by atomic mass is 17.0. The average molecular weight is 214 g/mol. The Kier molecular flexibility index (Phi) is 11.4. The van der Waals surface area contributed by atoms with Gasteiger partial charge in [-0.1, -0.05) is 44.2 Å². The van der Waals surface area contributed by atoms with Crippen molar-refractivity contribution in [2.45, 2.75) is 26.7 Å². The smallest absolute Gasteiger partial charge is 0.300 e. The maximum atomic E-state index is 9.00. The Hall–Kier alpha value is -1.39. The summed E-state index contributed by atoms with van der Waals surface area (Å²) in [7, 11) is 0. The molecule has 1 aromatic carbocycles. The Balaban J connectivity index is 0. The van der Waals surface area contributed by atoms with E-state index in [2.05, 4.69) is 38.1 Å². The van der Waals surface area contributed by atoms with Crippen molar-refractivity contribution in [3.05, 3.63) is 35.9 Å². The zero-order chi connectivity index (χ0) is 12.3. The van der Waals surface area contributed by atoms with Crippen molar-refractivity contribution in [2.75, 3.05) is 0 Å². The number of benzene rings is 1. The molecule has 0 saturated heterocycles. The van der Waals surface area contributed by atoms with E-state index in [9.17, 15) is 0 Å². The number of hydrogen-bond donors (Lipinski definition) is 3. The summed E-state index contributed by atoms with van der Waals surface area (Å²) in [6.07, 6.45) is 0. The average Bonchev–Trinajstić information content (AvgIpc) is 2.21. The molecular formula is C11H18O4. The molecule has 0 spiro atoms. The van der Waals surface area contributed by atoms with Gasteiger partial charge in [0.15, 0.2) is 0 Å². The number of carboxylic acid groups (broad SMARTS) is 1. The molecule has 0 bridgehead atoms. The lowest BCUT2D eigenvalue weighted by atomic mass is 10.0. The van der Waals surface area contributed by atoms with Gasteiger partial charge >= 0.3 is 0 Å². The predicted molar refractivity (Wildman–Crippen MR) is 59.1 cm³/mol. The monoisotopic (exact) mass is 214 g/mol. The van der Waals surface area contributed by atoms with E-state index in [4.69, 9.17) is 20.4 Å². The van der Waals surface area contributed by atoms with E-state index in [-0.39, 0.29) is 0 Å². The minimum atomic E-state index is -0.833. The third-order valence-corrected chi connectivity index (χ3v) is 1.47. The van der Waals surface area contributed by atoms with Crippen LogP contribution in [0, 0.1) is 0 Å². The Morgan fingerprint density at radius 3 is 1.67 bits per heavy atom. The summed E-state index contributed by atoms with van der Waals surface area (Å²) in [5, 5.41) is 19.4. The molecule has 0 aromatic heterocycles. The molecule has 0 heterocycles. The SMILES string of the molecule is CC(=O)O.CC(C)c1ccccc1.OO. The van der Waals surface area contributed by atoms with Gasteiger partial charge in [-0.15, -0.1) is 0 Å². The first-order chi connectivity index (χ1) is 7.04. The highest BCUT2D eigenvalue weighted by molar-refractivity contribution is 5.62. The first-order valence-electron chi connectivity index (χ1n) is 4.48. The van der Waals surface area contributed by atoms with Crippen LogP contribution in [-0.4, -0.2) is 21.6 Å². The molecule has 0 aliphatic carbocycles. The Morgan fingerprint density at radius 1 is 1.13 bits per heavy atom. The molecule has 0 aliphatic heterocycles. The summed E-state index contributed by atoms with van der Waals surface area (Å²) in [6.45, 7) is 5.49. The number of rotatable bonds is 1. The fourth-order valence-electron chi connectivity index (χ4n) is 0.838. The summed E-state index contributed by atoms with van der Waals surface area (Å²) in [6, 6.07) is 10.5. The van der Waals surface area contributed by atoms with Gasteiger partial charge in [0.05, 0.1) is 0 Å². The predicted octanol–water partition coefficient (Wildman–Crippen LogP) is 2.92. The summed E-state index contributed by atoms with van der Waals surface area (Å²) in [5.74, 6) is -0.175. The first-order valence-corrected chi connectivity index (χ1v) is 4.48. The third kappa shape index (κ3) is 12.6. The van der Waals surface area contributed by atoms with Gasteiger partial charge in [0, 0.05) is 6.92 Å². The van der Waals surface area contributed by atoms with Gasteiger partial charge in [-0.25, -0.2) is 0 Å². The molecule has 1 aromatic rings. The van der Waals surface area contributed by atoms with Gasteiger partial charge < -0.3 is 5.11 Å². The van der Waals surface area contributed by atoms with Crippen LogP contribution in [0.2, 0.25) is 0 Å². The van der Waals surface area contributed by atoms with Crippen molar-refractivity contribution in [2.24, 2.45) is 0 Å². The maximum absolute atomic E-state index is 9.00. The Morgan fingerprint density at radius 2 is 1.47 bits per heavy atom. The van der Waals surface area contributed by atoms with E-state index < -0.39 is 5.97 Å². The van der Waals surface area contributed by atoms with Gasteiger partial charge in [-0.05, 0) is 11.5 Å². The zero-order valence-electron chi connectivity index (χ0n) is 9.21. The van der Waals surface area contributed by atoms with Crippen LogP contribution < -0.4 is 0 Å². The fourth-order valence-corrected chi connectivity index (χ4v) is 0.838. The molecule has 0 amide bonds. The lowest BCUT2D eigenvalue weighted by Gasteiger charge is -2.01. The van der Waals surface area contributed by atoms with E-state index in [0.717, 1.165) is 6.92 Å². The van der Waals surface area contributed by atoms with Crippen molar-refractivity contribution in [1.29, 1.82) is 0 Å². The molecule has 4 heteroatoms. The van der Waals surface area contributed by atoms with E-state index in [1.54, 1.807) is 0 Å². The van der Waals surface area contributed by atoms with Crippen LogP contribution in [0.1, 0.15) is 32.3 Å². The second kappa shape index (κ2) is 10.7. The third-order valence-electron chi connectivity index (χ3n) is 1.47. The quantitative estimate of drug-likeness (QED) is 0.496. The van der Waals surface area contributed by atoms with E-state index >= 15 is 0 Å². The normalized spacial score (nSPS) is 8.13. The molecule has 0 radical (unpaired) electrons. The first kappa shape index (κ1) is 16.1. The molecular weight excluding hydrogens is 196 g/mol. The minimum absolute atomic E-state index is 0.659. The van der Waals surface area contributed by atoms with Crippen LogP contribution in [0.25, 0.3) is 0 Å². The van der Waals surface area contributed by atoms with Crippen molar-refractivity contribution in [1.82, 2.24) is 0 Å². The van der Waals surface area contributed by atoms with Crippen molar-refractivity contribution < 1.29 is 20.4 Å². The van der Waals surface area contributed by atoms with Crippen LogP contribution in [0.4, 0.5) is 0 Å². The molecule has 0 saturated carbocycles. The van der Waals surface area contributed by atoms with Gasteiger partial charge in [-0.2, -0.15) is 0 Å². The van der Waals surface area contributed by atoms with Crippen LogP contribution in [-0.2, 0) is 4.79 Å². The molecule has 0 fully saturated rings. The van der Waals surface area contributed by atoms with Crippen molar-refractivity contribution in [3.8, 4) is 0 Å². The molecule has 0 atom stereocenters. The molecule has 86 valence electrons. The number of carbonyl (C=O) groups is 1. The molecule has 1 rings (SSSR count). The second-order valence-electron chi connectivity index (χ2n) is 3.08. The maximum Gasteiger partial charge on any atom is 0.300 e. The lowest BCUT2D eigenvalue weighted by Crippen LogP contribution is -1.83. The van der Waals surface area contributed by atoms with Gasteiger partial charge in [0.2, 0.25) is 0 Å². The van der Waals surface area contributed by atoms with Crippen LogP contribution in [0.3, 0.4) is 0 Å². The largest absolute Gasteiger partial charge is 0.481 e. The molecule has 3 N–H and O–H groups in total. The fraction of sp³-hybridized carbons (Fsp3) is 0.364. The highest BCUT2D eigenvalue weighted by Crippen LogP contribution is 2.11. The summed E-state index contributed by atoms with van der Waals surface area (Å²) < 4.78 is 0. The van der Waals surface area contributed by atoms with E-state index in [1.807, 2.05) is 6.07 Å². The molecule has 15 heavy (non-hydrogen) atoms. The number of hydrogen-bond acceptors (Lipinski definition) is 3. The summed E-state index contributed by atoms with van der Waals surface area (Å²) in [4.78, 5) is 9.00. The van der Waals surface area contributed by atoms with Crippen LogP contribution in [0.15, 0.2) is 30.3 Å². The zero-order valence-corrected chi connectivity index (χ0v) is 9.21. The second-order valence-corrected chi connectivity index (χ2v) is 3.08. The van der Waals surface area contributed by atoms with E-state index in [1.165, 1.54) is 5.56 Å². The molecule has 0 aliphatic rings. The van der Waals surface area contributed by atoms with Crippen molar-refractivity contribution >= 4 is 5.97 Å². The topological polar surface area (TPSA) is 77.8 Å². The highest BCUT2D eigenvalue weighted by Gasteiger charge is 1.93. The van der Waals surface area contributed by atoms with Crippen molar-refractivity contribution in [3.63, 3.8) is 0 Å². The summed E-state index contributed by atoms with van der Waals surface area (Å²) >= 11 is 0. The number of carboxylic acids is 1. The Bertz CT molecular complexity index is 240. The standard InChI is InChI=1S/C9H12.C2H4O2.H2O2/c1-8(2)9-6-4-3-5-7-9;1-2(3)4;1-2/h3-8H,1-2H3;1H3,(H,3,4);1-2H.